The van der Waals surface area contributed by atoms with Gasteiger partial charge in [0.15, 0.2) is 0 Å². The van der Waals surface area contributed by atoms with E-state index in [-0.39, 0.29) is 31.8 Å². The maximum Gasteiger partial charge on any atom is 0.256 e. The average Bonchev–Trinajstić information content (AvgIpc) is 2.84. The molecular weight excluding hydrogens is 354 g/mol. The zero-order valence-electron chi connectivity index (χ0n) is 12.3. The molecule has 1 aromatic carbocycles. The van der Waals surface area contributed by atoms with Gasteiger partial charge in [0.05, 0.1) is 5.56 Å². The molecule has 2 aromatic rings. The fourth-order valence-electron chi connectivity index (χ4n) is 2.90. The fourth-order valence-corrected chi connectivity index (χ4v) is 3.25. The fraction of sp³-hybridized carbons (Fsp3) is 0.438. The van der Waals surface area contributed by atoms with E-state index < -0.39 is 5.92 Å². The molecule has 0 spiro atoms. The minimum Gasteiger partial charge on any atom is -0.347 e. The highest BCUT2D eigenvalue weighted by molar-refractivity contribution is 9.10. The van der Waals surface area contributed by atoms with Crippen molar-refractivity contribution in [3.63, 3.8) is 0 Å². The van der Waals surface area contributed by atoms with Gasteiger partial charge in [-0.1, -0.05) is 22.0 Å². The second kappa shape index (κ2) is 5.65. The number of aromatic nitrogens is 1. The minimum atomic E-state index is -2.64. The summed E-state index contributed by atoms with van der Waals surface area (Å²) in [5, 5.41) is 0.868. The first-order valence-corrected chi connectivity index (χ1v) is 8.16. The summed E-state index contributed by atoms with van der Waals surface area (Å²) in [6.07, 6.45) is 1.32. The van der Waals surface area contributed by atoms with Gasteiger partial charge in [0.25, 0.3) is 11.8 Å². The van der Waals surface area contributed by atoms with Crippen LogP contribution < -0.4 is 0 Å². The van der Waals surface area contributed by atoms with Crippen LogP contribution in [0.1, 0.15) is 30.1 Å². The topological polar surface area (TPSA) is 25.2 Å². The number of aryl methyl sites for hydroxylation is 1. The lowest BCUT2D eigenvalue weighted by Crippen LogP contribution is -2.42. The molecule has 3 rings (SSSR count). The van der Waals surface area contributed by atoms with Crippen LogP contribution >= 0.6 is 15.9 Å². The maximum absolute atomic E-state index is 13.3. The highest BCUT2D eigenvalue weighted by Crippen LogP contribution is 2.30. The van der Waals surface area contributed by atoms with E-state index in [2.05, 4.69) is 15.9 Å². The summed E-state index contributed by atoms with van der Waals surface area (Å²) in [7, 11) is 0. The molecule has 0 radical (unpaired) electrons. The highest BCUT2D eigenvalue weighted by Gasteiger charge is 2.36. The molecule has 1 amide bonds. The molecule has 0 bridgehead atoms. The number of likely N-dealkylation sites (tertiary alicyclic amines) is 1. The van der Waals surface area contributed by atoms with E-state index >= 15 is 0 Å². The first-order chi connectivity index (χ1) is 10.4. The summed E-state index contributed by atoms with van der Waals surface area (Å²) >= 11 is 3.44. The average molecular weight is 371 g/mol. The number of hydrogen-bond acceptors (Lipinski definition) is 1. The van der Waals surface area contributed by atoms with E-state index in [1.165, 1.54) is 4.90 Å². The van der Waals surface area contributed by atoms with Gasteiger partial charge < -0.3 is 9.47 Å². The first kappa shape index (κ1) is 15.5. The summed E-state index contributed by atoms with van der Waals surface area (Å²) in [5.74, 6) is -2.80. The standard InChI is InChI=1S/C16H17BrF2N2O/c1-2-20-10-13(12-4-3-11(17)9-14(12)20)15(22)21-7-5-16(18,19)6-8-21/h3-4,9-10H,2,5-8H2,1H3. The number of carbonyl (C=O) groups excluding carboxylic acids is 1. The SMILES string of the molecule is CCn1cc(C(=O)N2CCC(F)(F)CC2)c2ccc(Br)cc21. The second-order valence-corrected chi connectivity index (χ2v) is 6.55. The van der Waals surface area contributed by atoms with Gasteiger partial charge in [0.2, 0.25) is 0 Å². The molecule has 0 atom stereocenters. The van der Waals surface area contributed by atoms with Crippen LogP contribution in [0.25, 0.3) is 10.9 Å². The Labute approximate surface area is 136 Å². The van der Waals surface area contributed by atoms with E-state index in [9.17, 15) is 13.6 Å². The largest absolute Gasteiger partial charge is 0.347 e. The van der Waals surface area contributed by atoms with Gasteiger partial charge in [0, 0.05) is 54.0 Å². The molecule has 3 nitrogen and oxygen atoms in total. The summed E-state index contributed by atoms with van der Waals surface area (Å²) in [5.41, 5.74) is 1.57. The van der Waals surface area contributed by atoms with Crippen molar-refractivity contribution in [2.45, 2.75) is 32.2 Å². The molecule has 22 heavy (non-hydrogen) atoms. The highest BCUT2D eigenvalue weighted by atomic mass is 79.9. The van der Waals surface area contributed by atoms with Crippen molar-refractivity contribution in [2.75, 3.05) is 13.1 Å². The number of halogens is 3. The van der Waals surface area contributed by atoms with Gasteiger partial charge in [-0.3, -0.25) is 4.79 Å². The molecule has 2 heterocycles. The number of benzene rings is 1. The number of piperidine rings is 1. The molecule has 118 valence electrons. The Kier molecular flexibility index (Phi) is 3.97. The van der Waals surface area contributed by atoms with Gasteiger partial charge in [-0.25, -0.2) is 8.78 Å². The van der Waals surface area contributed by atoms with Crippen molar-refractivity contribution in [3.8, 4) is 0 Å². The van der Waals surface area contributed by atoms with Crippen molar-refractivity contribution >= 4 is 32.7 Å². The van der Waals surface area contributed by atoms with Crippen molar-refractivity contribution in [1.82, 2.24) is 9.47 Å². The van der Waals surface area contributed by atoms with E-state index in [4.69, 9.17) is 0 Å². The number of amides is 1. The Hall–Kier alpha value is -1.43. The van der Waals surface area contributed by atoms with E-state index in [1.807, 2.05) is 35.9 Å². The molecule has 1 aliphatic heterocycles. The van der Waals surface area contributed by atoms with Gasteiger partial charge in [-0.2, -0.15) is 0 Å². The summed E-state index contributed by atoms with van der Waals surface area (Å²) < 4.78 is 29.5. The predicted molar refractivity (Wildman–Crippen MR) is 85.4 cm³/mol. The molecule has 0 aliphatic carbocycles. The van der Waals surface area contributed by atoms with Crippen molar-refractivity contribution in [3.05, 3.63) is 34.4 Å². The third-order valence-electron chi connectivity index (χ3n) is 4.20. The van der Waals surface area contributed by atoms with Crippen LogP contribution in [0.4, 0.5) is 8.78 Å². The number of hydrogen-bond donors (Lipinski definition) is 0. The van der Waals surface area contributed by atoms with Gasteiger partial charge in [0.1, 0.15) is 0 Å². The summed E-state index contributed by atoms with van der Waals surface area (Å²) in [6, 6.07) is 5.76. The number of rotatable bonds is 2. The lowest BCUT2D eigenvalue weighted by atomic mass is 10.1. The van der Waals surface area contributed by atoms with Gasteiger partial charge >= 0.3 is 0 Å². The molecule has 1 saturated heterocycles. The molecule has 0 N–H and O–H groups in total. The summed E-state index contributed by atoms with van der Waals surface area (Å²) in [6.45, 7) is 2.98. The van der Waals surface area contributed by atoms with Gasteiger partial charge in [-0.15, -0.1) is 0 Å². The van der Waals surface area contributed by atoms with Crippen molar-refractivity contribution < 1.29 is 13.6 Å². The number of fused-ring (bicyclic) bond motifs is 1. The first-order valence-electron chi connectivity index (χ1n) is 7.37. The maximum atomic E-state index is 13.3. The number of carbonyl (C=O) groups is 1. The van der Waals surface area contributed by atoms with Crippen LogP contribution in [0, 0.1) is 0 Å². The predicted octanol–water partition coefficient (Wildman–Crippen LogP) is 4.30. The molecular formula is C16H17BrF2N2O. The minimum absolute atomic E-state index is 0.112. The van der Waals surface area contributed by atoms with Crippen LogP contribution in [0.15, 0.2) is 28.9 Å². The van der Waals surface area contributed by atoms with Crippen molar-refractivity contribution in [1.29, 1.82) is 0 Å². The molecule has 1 aromatic heterocycles. The van der Waals surface area contributed by atoms with Gasteiger partial charge in [-0.05, 0) is 19.1 Å². The third kappa shape index (κ3) is 2.76. The second-order valence-electron chi connectivity index (χ2n) is 5.64. The Morgan fingerprint density at radius 3 is 2.64 bits per heavy atom. The normalized spacial score (nSPS) is 17.9. The van der Waals surface area contributed by atoms with Crippen LogP contribution in [0.3, 0.4) is 0 Å². The number of nitrogens with zero attached hydrogens (tertiary/aromatic N) is 2. The molecule has 1 fully saturated rings. The van der Waals surface area contributed by atoms with Crippen LogP contribution in [-0.2, 0) is 6.54 Å². The molecule has 1 aliphatic rings. The zero-order valence-corrected chi connectivity index (χ0v) is 13.9. The lowest BCUT2D eigenvalue weighted by molar-refractivity contribution is -0.0493. The van der Waals surface area contributed by atoms with Crippen LogP contribution in [0.5, 0.6) is 0 Å². The molecule has 6 heteroatoms. The zero-order chi connectivity index (χ0) is 15.9. The third-order valence-corrected chi connectivity index (χ3v) is 4.69. The monoisotopic (exact) mass is 370 g/mol. The van der Waals surface area contributed by atoms with Crippen molar-refractivity contribution in [2.24, 2.45) is 0 Å². The Morgan fingerprint density at radius 1 is 1.32 bits per heavy atom. The lowest BCUT2D eigenvalue weighted by Gasteiger charge is -2.31. The van der Waals surface area contributed by atoms with Crippen LogP contribution in [-0.4, -0.2) is 34.4 Å². The smallest absolute Gasteiger partial charge is 0.256 e. The van der Waals surface area contributed by atoms with E-state index in [0.29, 0.717) is 5.56 Å². The van der Waals surface area contributed by atoms with Crippen LogP contribution in [0.2, 0.25) is 0 Å². The molecule has 0 unspecified atom stereocenters. The number of alkyl halides is 2. The quantitative estimate of drug-likeness (QED) is 0.773. The molecule has 0 saturated carbocycles. The van der Waals surface area contributed by atoms with E-state index in [0.717, 1.165) is 21.9 Å². The Balaban J connectivity index is 1.95. The summed E-state index contributed by atoms with van der Waals surface area (Å²) in [4.78, 5) is 14.2. The Bertz CT molecular complexity index is 716. The Morgan fingerprint density at radius 2 is 2.00 bits per heavy atom. The van der Waals surface area contributed by atoms with E-state index in [1.54, 1.807) is 0 Å².